The Morgan fingerprint density at radius 2 is 0.769 bits per heavy atom. The number of thioether (sulfide) groups is 1. The number of nitrogens with zero attached hydrogens (tertiary/aromatic N) is 21. The molecule has 0 unspecified atom stereocenters. The number of anilines is 12. The number of carbonyl (C=O) groups excluding carboxylic acids is 1. The fourth-order valence-electron chi connectivity index (χ4n) is 18.8. The SMILES string of the molecule is CNc1nccc(N2CCc3[nH]nc(-c4ccccc4OC)c3C2)n1.COc1ccccc1-c1n[nH]c2c1CN(c1cc(N)nc(N3CCC(O)CC3)n1)CC2.COc1ccccc1-c1n[nH]c2c1CN(c1cc(N)nc(N[C@H](CO)c3ccccc3)n1)CC2.COc1ccccc1-c1n[nH]c2c1CN(c1cc(N)nc(SC)n1)CC2.COc1ccccc1-c1n[nH]c2c1CN(c1ccnc(NC(=O)c3cccs3)n1)CC2. The second-order valence-corrected chi connectivity index (χ2v) is 37.0. The van der Waals surface area contributed by atoms with E-state index in [0.29, 0.717) is 77.5 Å². The number of nitrogens with one attached hydrogen (secondary N) is 8. The van der Waals surface area contributed by atoms with Crippen molar-refractivity contribution >= 4 is 99.3 Å². The Bertz CT molecular complexity index is 7400. The lowest BCUT2D eigenvalue weighted by atomic mass is 10.0. The standard InChI is InChI=1S/C25H27N7O2.C22H27N7O2.C22H20N6O2S.C18H20N6OS.C18H20N6O/c1-34-21-10-6-5-9-17(21)24-18-14-32(12-11-19(18)30-31-24)23-13-22(26)28-25(29-23)27-20(15-33)16-7-3-2-4-8-16;1-31-18-5-3-2-4-15(18)21-16-13-29(11-8-17(16)26-27-21)20-12-19(23)24-22(25-20)28-9-6-14(30)7-10-28;1-30-17-6-3-2-5-14(17)20-15-13-28(11-9-16(15)26-27-20)19-8-10-23-22(24-19)25-21(29)18-7-4-12-31-18;1-25-14-6-4-3-5-11(14)17-12-10-24(8-7-13(12)22-23-17)16-9-15(19)20-18(21-16)26-2;1-19-18-20-9-7-16(21-18)24-10-8-14-13(11-24)17(23-22-14)12-5-3-4-6-15(12)25-2/h2-10,13,20,33H,11-12,14-15H2,1H3,(H,30,31)(H3,26,27,28,29);2-5,12,14,30H,6-11,13H2,1H3,(H,26,27)(H2,23,24,25);2-8,10,12H,9,11,13H2,1H3,(H,26,27)(H,23,24,25,29);3-6,9H,7-8,10H2,1-2H3,(H,22,23)(H2,19,20,21);3-7,9H,8,10-11H2,1-2H3,(H,22,23)(H,19,20,21)/t20-;;;;/m1..../s1. The molecule has 754 valence electrons. The minimum absolute atomic E-state index is 0.0954. The molecule has 11 aromatic heterocycles. The Morgan fingerprint density at radius 1 is 0.415 bits per heavy atom. The molecule has 0 aliphatic carbocycles. The molecular weight excluding hydrogens is 1900 g/mol. The number of carbonyl (C=O) groups is 1. The average molecular weight is 2020 g/mol. The van der Waals surface area contributed by atoms with E-state index >= 15 is 0 Å². The van der Waals surface area contributed by atoms with Gasteiger partial charge in [-0.3, -0.25) is 35.6 Å². The third kappa shape index (κ3) is 22.4. The summed E-state index contributed by atoms with van der Waals surface area (Å²) in [5, 5.41) is 70.1. The lowest BCUT2D eigenvalue weighted by Crippen LogP contribution is -2.37. The largest absolute Gasteiger partial charge is 0.496 e. The van der Waals surface area contributed by atoms with E-state index in [1.165, 1.54) is 39.9 Å². The van der Waals surface area contributed by atoms with Crippen LogP contribution < -0.4 is 86.2 Å². The summed E-state index contributed by atoms with van der Waals surface area (Å²) in [5.41, 5.74) is 40.0. The highest BCUT2D eigenvalue weighted by Gasteiger charge is 2.34. The van der Waals surface area contributed by atoms with Crippen LogP contribution in [0.2, 0.25) is 0 Å². The minimum atomic E-state index is -0.338. The highest BCUT2D eigenvalue weighted by atomic mass is 32.2. The molecule has 6 aromatic carbocycles. The van der Waals surface area contributed by atoms with E-state index in [1.807, 2.05) is 201 Å². The number of fused-ring (bicyclic) bond motifs is 5. The van der Waals surface area contributed by atoms with E-state index in [1.54, 1.807) is 60.1 Å². The van der Waals surface area contributed by atoms with E-state index in [-0.39, 0.29) is 24.7 Å². The molecule has 6 aliphatic rings. The summed E-state index contributed by atoms with van der Waals surface area (Å²) in [7, 11) is 10.2. The first-order valence-electron chi connectivity index (χ1n) is 48.2. The molecule has 17 heterocycles. The van der Waals surface area contributed by atoms with Crippen LogP contribution in [-0.2, 0) is 64.8 Å². The predicted octanol–water partition coefficient (Wildman–Crippen LogP) is 14.1. The van der Waals surface area contributed by atoms with E-state index in [0.717, 1.165) is 256 Å². The van der Waals surface area contributed by atoms with Gasteiger partial charge in [0.25, 0.3) is 5.91 Å². The van der Waals surface area contributed by atoms with Crippen molar-refractivity contribution in [2.24, 2.45) is 0 Å². The summed E-state index contributed by atoms with van der Waals surface area (Å²) in [4.78, 5) is 70.8. The van der Waals surface area contributed by atoms with Crippen LogP contribution in [0.1, 0.15) is 90.4 Å². The highest BCUT2D eigenvalue weighted by Crippen LogP contribution is 2.43. The lowest BCUT2D eigenvalue weighted by molar-refractivity contribution is 0.102. The third-order valence-corrected chi connectivity index (χ3v) is 27.8. The first-order chi connectivity index (χ1) is 72.0. The van der Waals surface area contributed by atoms with Gasteiger partial charge in [-0.25, -0.2) is 19.9 Å². The molecule has 23 rings (SSSR count). The topological polar surface area (TPSA) is 510 Å². The molecule has 0 spiro atoms. The van der Waals surface area contributed by atoms with Gasteiger partial charge in [0.05, 0.1) is 59.2 Å². The van der Waals surface area contributed by atoms with E-state index in [2.05, 4.69) is 136 Å². The first-order valence-corrected chi connectivity index (χ1v) is 50.3. The number of hydrogen-bond donors (Lipinski definition) is 13. The van der Waals surface area contributed by atoms with Crippen molar-refractivity contribution in [1.29, 1.82) is 0 Å². The number of aliphatic hydroxyl groups is 2. The molecule has 42 heteroatoms. The zero-order chi connectivity index (χ0) is 101. The van der Waals surface area contributed by atoms with Crippen molar-refractivity contribution in [3.05, 3.63) is 279 Å². The van der Waals surface area contributed by atoms with E-state index in [4.69, 9.17) is 50.9 Å². The van der Waals surface area contributed by atoms with Gasteiger partial charge in [-0.1, -0.05) is 109 Å². The molecular formula is C105H114N32O8S2. The molecule has 0 bridgehead atoms. The molecule has 1 fully saturated rings. The summed E-state index contributed by atoms with van der Waals surface area (Å²) in [6, 6.07) is 61.8. The van der Waals surface area contributed by atoms with Gasteiger partial charge in [0.1, 0.15) is 104 Å². The van der Waals surface area contributed by atoms with Crippen LogP contribution in [-0.4, -0.2) is 224 Å². The number of nitrogen functional groups attached to an aromatic ring is 3. The number of rotatable bonds is 24. The molecule has 1 saturated heterocycles. The third-order valence-electron chi connectivity index (χ3n) is 26.4. The molecule has 17 aromatic rings. The minimum Gasteiger partial charge on any atom is -0.496 e. The number of aromatic amines is 5. The van der Waals surface area contributed by atoms with Gasteiger partial charge in [0.15, 0.2) is 5.16 Å². The van der Waals surface area contributed by atoms with Gasteiger partial charge < -0.3 is 91.1 Å². The number of para-hydroxylation sites is 5. The number of nitrogens with two attached hydrogens (primary N) is 3. The second kappa shape index (κ2) is 45.7. The van der Waals surface area contributed by atoms with Crippen molar-refractivity contribution in [2.75, 3.05) is 164 Å². The number of methoxy groups -OCH3 is 5. The maximum atomic E-state index is 12.3. The van der Waals surface area contributed by atoms with Crippen molar-refractivity contribution < 1.29 is 38.7 Å². The summed E-state index contributed by atoms with van der Waals surface area (Å²) in [6.07, 6.45) is 10.8. The number of benzene rings is 6. The number of hydrogen-bond acceptors (Lipinski definition) is 36. The number of thiophene rings is 1. The summed E-state index contributed by atoms with van der Waals surface area (Å²) in [6.45, 7) is 8.88. The van der Waals surface area contributed by atoms with Crippen LogP contribution in [0.3, 0.4) is 0 Å². The molecule has 6 aliphatic heterocycles. The number of piperidine rings is 1. The smallest absolute Gasteiger partial charge is 0.268 e. The Balaban J connectivity index is 0.000000116. The number of ether oxygens (including phenoxy) is 5. The molecule has 40 nitrogen and oxygen atoms in total. The van der Waals surface area contributed by atoms with Crippen LogP contribution in [0.25, 0.3) is 56.3 Å². The fourth-order valence-corrected chi connectivity index (χ4v) is 19.8. The Morgan fingerprint density at radius 3 is 1.15 bits per heavy atom. The van der Waals surface area contributed by atoms with Crippen molar-refractivity contribution in [3.63, 3.8) is 0 Å². The van der Waals surface area contributed by atoms with Gasteiger partial charge in [-0.2, -0.15) is 55.4 Å². The van der Waals surface area contributed by atoms with Crippen LogP contribution in [0.4, 0.5) is 70.3 Å². The molecule has 1 amide bonds. The van der Waals surface area contributed by atoms with Crippen molar-refractivity contribution in [1.82, 2.24) is 101 Å². The number of H-pyrrole nitrogens is 5. The van der Waals surface area contributed by atoms with Gasteiger partial charge in [-0.15, -0.1) is 11.3 Å². The molecule has 0 radical (unpaired) electrons. The van der Waals surface area contributed by atoms with Crippen LogP contribution in [0.5, 0.6) is 28.7 Å². The normalized spacial score (nSPS) is 14.2. The zero-order valence-electron chi connectivity index (χ0n) is 82.3. The van der Waals surface area contributed by atoms with E-state index < -0.39 is 0 Å². The van der Waals surface area contributed by atoms with Crippen LogP contribution in [0, 0.1) is 0 Å². The maximum Gasteiger partial charge on any atom is 0.268 e. The second-order valence-electron chi connectivity index (χ2n) is 35.2. The van der Waals surface area contributed by atoms with Gasteiger partial charge in [0, 0.05) is 232 Å². The molecule has 147 heavy (non-hydrogen) atoms. The molecule has 1 atom stereocenters. The average Bonchev–Trinajstić information content (AvgIpc) is 1.67. The number of amides is 1. The van der Waals surface area contributed by atoms with Gasteiger partial charge >= 0.3 is 0 Å². The number of aliphatic hydroxyl groups excluding tert-OH is 2. The molecule has 16 N–H and O–H groups in total. The zero-order valence-corrected chi connectivity index (χ0v) is 83.9. The summed E-state index contributed by atoms with van der Waals surface area (Å²) in [5.74, 6) is 11.1. The van der Waals surface area contributed by atoms with Crippen molar-refractivity contribution in [3.8, 4) is 85.0 Å². The number of aromatic nitrogens is 20. The molecule has 0 saturated carbocycles. The summed E-state index contributed by atoms with van der Waals surface area (Å²) >= 11 is 2.87. The summed E-state index contributed by atoms with van der Waals surface area (Å²) < 4.78 is 27.6. The van der Waals surface area contributed by atoms with Crippen molar-refractivity contribution in [2.45, 2.75) is 95.0 Å². The fraction of sp³-hybridized carbons (Fsp3) is 0.276. The van der Waals surface area contributed by atoms with Crippen LogP contribution >= 0.6 is 23.1 Å². The van der Waals surface area contributed by atoms with Gasteiger partial charge in [-0.05, 0) is 109 Å². The Labute approximate surface area is 856 Å². The van der Waals surface area contributed by atoms with E-state index in [9.17, 15) is 15.0 Å². The monoisotopic (exact) mass is 2010 g/mol. The maximum absolute atomic E-state index is 12.3. The Hall–Kier alpha value is -17.0. The predicted molar refractivity (Wildman–Crippen MR) is 571 cm³/mol. The van der Waals surface area contributed by atoms with Crippen LogP contribution in [0.15, 0.2) is 217 Å². The first kappa shape index (κ1) is 98.8. The quantitative estimate of drug-likeness (QED) is 0.0197. The lowest BCUT2D eigenvalue weighted by Gasteiger charge is -2.32. The Kier molecular flexibility index (Phi) is 30.7. The highest BCUT2D eigenvalue weighted by molar-refractivity contribution is 7.98. The van der Waals surface area contributed by atoms with Gasteiger partial charge in [0.2, 0.25) is 23.8 Å².